The van der Waals surface area contributed by atoms with Gasteiger partial charge in [-0.05, 0) is 26.2 Å². The molecule has 0 saturated carbocycles. The standard InChI is InChI=1S/C13H22N4O/c1-3-4-11-15-10(14)9-12(16-11)17-7-5-13(2,18)6-8-17/h9,18H,3-8H2,1-2H3,(H2,14,15,16). The topological polar surface area (TPSA) is 75.3 Å². The molecule has 0 aromatic carbocycles. The number of aryl methyl sites for hydroxylation is 1. The van der Waals surface area contributed by atoms with Crippen molar-refractivity contribution in [3.63, 3.8) is 0 Å². The highest BCUT2D eigenvalue weighted by molar-refractivity contribution is 5.47. The molecule has 1 aliphatic heterocycles. The van der Waals surface area contributed by atoms with E-state index in [2.05, 4.69) is 21.8 Å². The maximum Gasteiger partial charge on any atom is 0.134 e. The van der Waals surface area contributed by atoms with Crippen LogP contribution in [0.4, 0.5) is 11.6 Å². The molecule has 1 aliphatic rings. The average Bonchev–Trinajstić information content (AvgIpc) is 2.28. The molecule has 0 aliphatic carbocycles. The summed E-state index contributed by atoms with van der Waals surface area (Å²) in [5.41, 5.74) is 5.28. The van der Waals surface area contributed by atoms with E-state index in [1.54, 1.807) is 0 Å². The molecule has 0 spiro atoms. The number of nitrogens with zero attached hydrogens (tertiary/aromatic N) is 3. The van der Waals surface area contributed by atoms with Crippen molar-refractivity contribution >= 4 is 11.6 Å². The van der Waals surface area contributed by atoms with Crippen molar-refractivity contribution in [1.82, 2.24) is 9.97 Å². The SMILES string of the molecule is CCCc1nc(N)cc(N2CCC(C)(O)CC2)n1. The quantitative estimate of drug-likeness (QED) is 0.847. The number of rotatable bonds is 3. The van der Waals surface area contributed by atoms with Crippen LogP contribution in [-0.2, 0) is 6.42 Å². The van der Waals surface area contributed by atoms with Gasteiger partial charge < -0.3 is 15.7 Å². The number of anilines is 2. The number of nitrogen functional groups attached to an aromatic ring is 1. The third-order valence-corrected chi connectivity index (χ3v) is 3.42. The highest BCUT2D eigenvalue weighted by atomic mass is 16.3. The molecule has 100 valence electrons. The van der Waals surface area contributed by atoms with Crippen molar-refractivity contribution < 1.29 is 5.11 Å². The van der Waals surface area contributed by atoms with E-state index in [4.69, 9.17) is 5.73 Å². The Balaban J connectivity index is 2.13. The first-order valence-corrected chi connectivity index (χ1v) is 6.61. The predicted molar refractivity (Wildman–Crippen MR) is 72.5 cm³/mol. The maximum atomic E-state index is 9.95. The van der Waals surface area contributed by atoms with Gasteiger partial charge in [-0.25, -0.2) is 9.97 Å². The molecule has 18 heavy (non-hydrogen) atoms. The van der Waals surface area contributed by atoms with E-state index in [-0.39, 0.29) is 0 Å². The summed E-state index contributed by atoms with van der Waals surface area (Å²) >= 11 is 0. The van der Waals surface area contributed by atoms with Gasteiger partial charge in [0.15, 0.2) is 0 Å². The summed E-state index contributed by atoms with van der Waals surface area (Å²) < 4.78 is 0. The molecule has 2 heterocycles. The summed E-state index contributed by atoms with van der Waals surface area (Å²) in [6.07, 6.45) is 3.39. The molecular weight excluding hydrogens is 228 g/mol. The number of hydrogen-bond donors (Lipinski definition) is 2. The average molecular weight is 250 g/mol. The van der Waals surface area contributed by atoms with Crippen molar-refractivity contribution in [2.24, 2.45) is 0 Å². The minimum Gasteiger partial charge on any atom is -0.390 e. The molecule has 1 fully saturated rings. The van der Waals surface area contributed by atoms with E-state index < -0.39 is 5.60 Å². The van der Waals surface area contributed by atoms with E-state index in [9.17, 15) is 5.11 Å². The van der Waals surface area contributed by atoms with Crippen LogP contribution < -0.4 is 10.6 Å². The largest absolute Gasteiger partial charge is 0.390 e. The number of aromatic nitrogens is 2. The molecule has 5 heteroatoms. The Morgan fingerprint density at radius 2 is 2.06 bits per heavy atom. The van der Waals surface area contributed by atoms with Crippen LogP contribution in [-0.4, -0.2) is 33.8 Å². The minimum absolute atomic E-state index is 0.529. The number of aliphatic hydroxyl groups is 1. The second kappa shape index (κ2) is 5.10. The fourth-order valence-electron chi connectivity index (χ4n) is 2.22. The molecule has 2 rings (SSSR count). The molecule has 0 bridgehead atoms. The highest BCUT2D eigenvalue weighted by Gasteiger charge is 2.28. The van der Waals surface area contributed by atoms with Crippen LogP contribution in [0.5, 0.6) is 0 Å². The van der Waals surface area contributed by atoms with Crippen LogP contribution in [0.25, 0.3) is 0 Å². The Bertz CT molecular complexity index is 409. The first-order valence-electron chi connectivity index (χ1n) is 6.61. The van der Waals surface area contributed by atoms with Gasteiger partial charge in [-0.1, -0.05) is 6.92 Å². The Labute approximate surface area is 108 Å². The Morgan fingerprint density at radius 1 is 1.39 bits per heavy atom. The van der Waals surface area contributed by atoms with Gasteiger partial charge in [0.05, 0.1) is 5.60 Å². The lowest BCUT2D eigenvalue weighted by Crippen LogP contribution is -2.42. The van der Waals surface area contributed by atoms with E-state index in [1.807, 2.05) is 13.0 Å². The number of nitrogens with two attached hydrogens (primary N) is 1. The Kier molecular flexibility index (Phi) is 3.71. The van der Waals surface area contributed by atoms with Crippen molar-refractivity contribution in [1.29, 1.82) is 0 Å². The zero-order chi connectivity index (χ0) is 13.2. The fourth-order valence-corrected chi connectivity index (χ4v) is 2.22. The van der Waals surface area contributed by atoms with Crippen LogP contribution in [0.15, 0.2) is 6.07 Å². The lowest BCUT2D eigenvalue weighted by atomic mass is 9.94. The van der Waals surface area contributed by atoms with Crippen LogP contribution in [0, 0.1) is 0 Å². The van der Waals surface area contributed by atoms with Gasteiger partial charge >= 0.3 is 0 Å². The van der Waals surface area contributed by atoms with Gasteiger partial charge in [0.1, 0.15) is 17.5 Å². The number of piperidine rings is 1. The molecule has 0 atom stereocenters. The molecule has 1 aromatic heterocycles. The van der Waals surface area contributed by atoms with Gasteiger partial charge in [0, 0.05) is 25.6 Å². The van der Waals surface area contributed by atoms with Crippen LogP contribution >= 0.6 is 0 Å². The number of hydrogen-bond acceptors (Lipinski definition) is 5. The van der Waals surface area contributed by atoms with Crippen molar-refractivity contribution in [3.8, 4) is 0 Å². The van der Waals surface area contributed by atoms with Gasteiger partial charge in [0.25, 0.3) is 0 Å². The van der Waals surface area contributed by atoms with Gasteiger partial charge in [-0.2, -0.15) is 0 Å². The first kappa shape index (κ1) is 13.1. The summed E-state index contributed by atoms with van der Waals surface area (Å²) in [4.78, 5) is 11.0. The van der Waals surface area contributed by atoms with Crippen LogP contribution in [0.3, 0.4) is 0 Å². The van der Waals surface area contributed by atoms with E-state index >= 15 is 0 Å². The van der Waals surface area contributed by atoms with Crippen LogP contribution in [0.2, 0.25) is 0 Å². The van der Waals surface area contributed by atoms with Crippen molar-refractivity contribution in [2.45, 2.75) is 45.1 Å². The fraction of sp³-hybridized carbons (Fsp3) is 0.692. The van der Waals surface area contributed by atoms with Crippen molar-refractivity contribution in [2.75, 3.05) is 23.7 Å². The lowest BCUT2D eigenvalue weighted by molar-refractivity contribution is 0.0350. The normalized spacial score (nSPS) is 18.9. The molecule has 0 radical (unpaired) electrons. The minimum atomic E-state index is -0.540. The summed E-state index contributed by atoms with van der Waals surface area (Å²) in [5.74, 6) is 2.23. The van der Waals surface area contributed by atoms with E-state index in [0.717, 1.165) is 50.4 Å². The molecule has 1 saturated heterocycles. The third-order valence-electron chi connectivity index (χ3n) is 3.42. The smallest absolute Gasteiger partial charge is 0.134 e. The molecule has 0 amide bonds. The lowest BCUT2D eigenvalue weighted by Gasteiger charge is -2.36. The third kappa shape index (κ3) is 3.10. The Morgan fingerprint density at radius 3 is 2.67 bits per heavy atom. The van der Waals surface area contributed by atoms with Gasteiger partial charge in [-0.15, -0.1) is 0 Å². The predicted octanol–water partition coefficient (Wildman–Crippen LogP) is 1.36. The molecule has 1 aromatic rings. The van der Waals surface area contributed by atoms with E-state index in [0.29, 0.717) is 5.82 Å². The molecule has 3 N–H and O–H groups in total. The van der Waals surface area contributed by atoms with Crippen molar-refractivity contribution in [3.05, 3.63) is 11.9 Å². The molecular formula is C13H22N4O. The maximum absolute atomic E-state index is 9.95. The first-order chi connectivity index (χ1) is 8.50. The highest BCUT2D eigenvalue weighted by Crippen LogP contribution is 2.25. The zero-order valence-electron chi connectivity index (χ0n) is 11.2. The zero-order valence-corrected chi connectivity index (χ0v) is 11.2. The van der Waals surface area contributed by atoms with E-state index in [1.165, 1.54) is 0 Å². The second-order valence-electron chi connectivity index (χ2n) is 5.30. The summed E-state index contributed by atoms with van der Waals surface area (Å²) in [5, 5.41) is 9.95. The van der Waals surface area contributed by atoms with Gasteiger partial charge in [0.2, 0.25) is 0 Å². The van der Waals surface area contributed by atoms with Gasteiger partial charge in [-0.3, -0.25) is 0 Å². The summed E-state index contributed by atoms with van der Waals surface area (Å²) in [6, 6.07) is 1.82. The summed E-state index contributed by atoms with van der Waals surface area (Å²) in [6.45, 7) is 5.62. The second-order valence-corrected chi connectivity index (χ2v) is 5.30. The van der Waals surface area contributed by atoms with Crippen LogP contribution in [0.1, 0.15) is 38.9 Å². The monoisotopic (exact) mass is 250 g/mol. The summed E-state index contributed by atoms with van der Waals surface area (Å²) in [7, 11) is 0. The molecule has 5 nitrogen and oxygen atoms in total. The Hall–Kier alpha value is -1.36. The molecule has 0 unspecified atom stereocenters.